The Balaban J connectivity index is 4.34. The fraction of sp³-hybridized carbons (Fsp3) is 0.868. The van der Waals surface area contributed by atoms with Crippen molar-refractivity contribution in [3.63, 3.8) is 0 Å². The third-order valence-electron chi connectivity index (χ3n) is 8.09. The summed E-state index contributed by atoms with van der Waals surface area (Å²) < 4.78 is 11.2. The Hall–Kier alpha value is -1.50. The lowest BCUT2D eigenvalue weighted by Crippen LogP contribution is -2.30. The fourth-order valence-corrected chi connectivity index (χ4v) is 6.03. The van der Waals surface area contributed by atoms with E-state index < -0.39 is 0 Å². The Morgan fingerprint density at radius 3 is 1.80 bits per heavy atom. The first-order chi connectivity index (χ1) is 22.0. The van der Waals surface area contributed by atoms with E-state index in [0.29, 0.717) is 32.4 Å². The van der Waals surface area contributed by atoms with Crippen molar-refractivity contribution in [2.24, 2.45) is 0 Å². The summed E-state index contributed by atoms with van der Waals surface area (Å²) in [7, 11) is 0. The summed E-state index contributed by atoms with van der Waals surface area (Å²) in [5, 5.41) is 0.118. The molecule has 0 heterocycles. The standard InChI is InChI=1S/C38H71NO5S/c1-5-9-12-15-16-20-25-33-43-36(40)29-23-18-17-19-24-31-39(38(42)45-34-8-4)32-26-30-37(41)44-35(27-21-13-10-6-2)28-22-14-11-7-3/h20,25,35H,5-19,21-24,26-34H2,1-4H3/b25-20-. The minimum atomic E-state index is -0.117. The predicted octanol–water partition coefficient (Wildman–Crippen LogP) is 11.6. The molecule has 0 unspecified atom stereocenters. The molecule has 0 saturated carbocycles. The molecule has 0 aliphatic heterocycles. The third kappa shape index (κ3) is 29.6. The van der Waals surface area contributed by atoms with Gasteiger partial charge in [0.1, 0.15) is 12.7 Å². The zero-order valence-electron chi connectivity index (χ0n) is 29.9. The number of rotatable bonds is 32. The largest absolute Gasteiger partial charge is 0.462 e. The van der Waals surface area contributed by atoms with Crippen LogP contribution in [0.4, 0.5) is 4.79 Å². The molecule has 7 heteroatoms. The number of hydrogen-bond acceptors (Lipinski definition) is 6. The minimum absolute atomic E-state index is 0.0351. The van der Waals surface area contributed by atoms with Gasteiger partial charge in [0.2, 0.25) is 0 Å². The van der Waals surface area contributed by atoms with Gasteiger partial charge in [-0.25, -0.2) is 0 Å². The van der Waals surface area contributed by atoms with E-state index in [9.17, 15) is 14.4 Å². The number of thioether (sulfide) groups is 1. The molecule has 45 heavy (non-hydrogen) atoms. The first-order valence-corrected chi connectivity index (χ1v) is 19.9. The highest BCUT2D eigenvalue weighted by Gasteiger charge is 2.17. The normalized spacial score (nSPS) is 11.4. The van der Waals surface area contributed by atoms with E-state index in [4.69, 9.17) is 9.47 Å². The van der Waals surface area contributed by atoms with Gasteiger partial charge in [-0.3, -0.25) is 14.4 Å². The summed E-state index contributed by atoms with van der Waals surface area (Å²) in [5.41, 5.74) is 0. The molecule has 264 valence electrons. The van der Waals surface area contributed by atoms with Gasteiger partial charge in [-0.15, -0.1) is 0 Å². The molecule has 6 nitrogen and oxygen atoms in total. The second-order valence-electron chi connectivity index (χ2n) is 12.5. The molecule has 0 saturated heterocycles. The van der Waals surface area contributed by atoms with Crippen LogP contribution in [0.2, 0.25) is 0 Å². The van der Waals surface area contributed by atoms with E-state index in [1.54, 1.807) is 0 Å². The van der Waals surface area contributed by atoms with E-state index in [1.807, 2.05) is 11.0 Å². The maximum absolute atomic E-state index is 12.8. The summed E-state index contributed by atoms with van der Waals surface area (Å²) in [4.78, 5) is 39.5. The molecular weight excluding hydrogens is 582 g/mol. The highest BCUT2D eigenvalue weighted by Crippen LogP contribution is 2.18. The molecule has 0 aromatic heterocycles. The van der Waals surface area contributed by atoms with Crippen LogP contribution in [0, 0.1) is 0 Å². The highest BCUT2D eigenvalue weighted by atomic mass is 32.2. The fourth-order valence-electron chi connectivity index (χ4n) is 5.28. The second-order valence-corrected chi connectivity index (χ2v) is 13.6. The van der Waals surface area contributed by atoms with Gasteiger partial charge in [0, 0.05) is 31.7 Å². The summed E-state index contributed by atoms with van der Waals surface area (Å²) in [6.07, 6.45) is 28.9. The lowest BCUT2D eigenvalue weighted by molar-refractivity contribution is -0.150. The molecule has 0 aliphatic rings. The maximum Gasteiger partial charge on any atom is 0.306 e. The quantitative estimate of drug-likeness (QED) is 0.0409. The van der Waals surface area contributed by atoms with Crippen LogP contribution in [-0.2, 0) is 19.1 Å². The van der Waals surface area contributed by atoms with Crippen LogP contribution in [0.1, 0.15) is 182 Å². The number of unbranched alkanes of at least 4 members (excludes halogenated alkanes) is 14. The molecular formula is C38H71NO5S. The third-order valence-corrected chi connectivity index (χ3v) is 9.21. The number of hydrogen-bond donors (Lipinski definition) is 0. The SMILES string of the molecule is CCCCCC/C=C\COC(=O)CCCCCCCN(CCCC(=O)OC(CCCCCC)CCCCCC)C(=O)SCCC. The van der Waals surface area contributed by atoms with E-state index >= 15 is 0 Å². The second kappa shape index (κ2) is 33.9. The average Bonchev–Trinajstić information content (AvgIpc) is 3.03. The number of amides is 1. The van der Waals surface area contributed by atoms with Gasteiger partial charge in [0.15, 0.2) is 0 Å². The van der Waals surface area contributed by atoms with Crippen molar-refractivity contribution in [1.29, 1.82) is 0 Å². The predicted molar refractivity (Wildman–Crippen MR) is 193 cm³/mol. The van der Waals surface area contributed by atoms with Crippen LogP contribution in [0.3, 0.4) is 0 Å². The Kier molecular flexibility index (Phi) is 32.7. The lowest BCUT2D eigenvalue weighted by atomic mass is 10.0. The van der Waals surface area contributed by atoms with Gasteiger partial charge in [-0.05, 0) is 64.2 Å². The Morgan fingerprint density at radius 1 is 0.600 bits per heavy atom. The zero-order valence-corrected chi connectivity index (χ0v) is 30.7. The number of allylic oxidation sites excluding steroid dienone is 1. The van der Waals surface area contributed by atoms with Gasteiger partial charge < -0.3 is 14.4 Å². The van der Waals surface area contributed by atoms with Crippen LogP contribution >= 0.6 is 11.8 Å². The zero-order chi connectivity index (χ0) is 33.2. The summed E-state index contributed by atoms with van der Waals surface area (Å²) in [6, 6.07) is 0. The van der Waals surface area contributed by atoms with Crippen LogP contribution in [0.5, 0.6) is 0 Å². The summed E-state index contributed by atoms with van der Waals surface area (Å²) in [6.45, 7) is 10.4. The summed E-state index contributed by atoms with van der Waals surface area (Å²) in [5.74, 6) is 0.588. The highest BCUT2D eigenvalue weighted by molar-refractivity contribution is 8.13. The van der Waals surface area contributed by atoms with Crippen LogP contribution in [0.15, 0.2) is 12.2 Å². The van der Waals surface area contributed by atoms with Crippen LogP contribution < -0.4 is 0 Å². The maximum atomic E-state index is 12.8. The van der Waals surface area contributed by atoms with Crippen LogP contribution in [0.25, 0.3) is 0 Å². The van der Waals surface area contributed by atoms with Crippen molar-refractivity contribution in [2.75, 3.05) is 25.4 Å². The van der Waals surface area contributed by atoms with Crippen molar-refractivity contribution in [3.05, 3.63) is 12.2 Å². The van der Waals surface area contributed by atoms with Crippen molar-refractivity contribution >= 4 is 28.9 Å². The average molecular weight is 654 g/mol. The Bertz CT molecular complexity index is 717. The first-order valence-electron chi connectivity index (χ1n) is 18.9. The lowest BCUT2D eigenvalue weighted by Gasteiger charge is -2.23. The number of carbonyl (C=O) groups excluding carboxylic acids is 3. The first kappa shape index (κ1) is 43.5. The molecule has 0 N–H and O–H groups in total. The van der Waals surface area contributed by atoms with Gasteiger partial charge in [0.05, 0.1) is 0 Å². The molecule has 0 aromatic carbocycles. The molecule has 0 bridgehead atoms. The molecule has 0 atom stereocenters. The number of nitrogens with zero attached hydrogens (tertiary/aromatic N) is 1. The van der Waals surface area contributed by atoms with Gasteiger partial charge in [-0.2, -0.15) is 0 Å². The van der Waals surface area contributed by atoms with E-state index in [1.165, 1.54) is 76.0 Å². The summed E-state index contributed by atoms with van der Waals surface area (Å²) >= 11 is 1.38. The van der Waals surface area contributed by atoms with Crippen molar-refractivity contribution in [2.45, 2.75) is 188 Å². The van der Waals surface area contributed by atoms with Gasteiger partial charge in [-0.1, -0.05) is 129 Å². The van der Waals surface area contributed by atoms with Crippen molar-refractivity contribution < 1.29 is 23.9 Å². The van der Waals surface area contributed by atoms with E-state index in [0.717, 1.165) is 82.9 Å². The minimum Gasteiger partial charge on any atom is -0.462 e. The topological polar surface area (TPSA) is 72.9 Å². The Labute approximate surface area is 282 Å². The number of ether oxygens (including phenoxy) is 2. The number of carbonyl (C=O) groups is 3. The van der Waals surface area contributed by atoms with E-state index in [-0.39, 0.29) is 23.3 Å². The van der Waals surface area contributed by atoms with E-state index in [2.05, 4.69) is 33.8 Å². The Morgan fingerprint density at radius 2 is 1.16 bits per heavy atom. The molecule has 0 fully saturated rings. The van der Waals surface area contributed by atoms with Gasteiger partial charge >= 0.3 is 11.9 Å². The number of esters is 2. The van der Waals surface area contributed by atoms with Crippen molar-refractivity contribution in [1.82, 2.24) is 4.90 Å². The molecule has 0 aliphatic carbocycles. The molecule has 0 spiro atoms. The van der Waals surface area contributed by atoms with Crippen LogP contribution in [-0.4, -0.2) is 53.6 Å². The monoisotopic (exact) mass is 654 g/mol. The van der Waals surface area contributed by atoms with Gasteiger partial charge in [0.25, 0.3) is 5.24 Å². The molecule has 0 radical (unpaired) electrons. The smallest absolute Gasteiger partial charge is 0.306 e. The molecule has 1 amide bonds. The van der Waals surface area contributed by atoms with Crippen molar-refractivity contribution in [3.8, 4) is 0 Å². The molecule has 0 aromatic rings. The molecule has 0 rings (SSSR count).